The summed E-state index contributed by atoms with van der Waals surface area (Å²) in [6.07, 6.45) is 5.01. The lowest BCUT2D eigenvalue weighted by molar-refractivity contribution is -0.175. The topological polar surface area (TPSA) is 86.8 Å². The Hall–Kier alpha value is -3.75. The molecule has 7 rings (SSSR count). The molecule has 3 aromatic rings. The summed E-state index contributed by atoms with van der Waals surface area (Å²) in [5.41, 5.74) is -0.767. The van der Waals surface area contributed by atoms with E-state index in [2.05, 4.69) is 119 Å². The zero-order valence-corrected chi connectivity index (χ0v) is 35.8. The van der Waals surface area contributed by atoms with E-state index in [4.69, 9.17) is 23.4 Å². The molecule has 0 N–H and O–H groups in total. The largest absolute Gasteiger partial charge is 0.452 e. The highest BCUT2D eigenvalue weighted by molar-refractivity contribution is 6.99. The van der Waals surface area contributed by atoms with E-state index in [1.807, 2.05) is 28.0 Å². The lowest BCUT2D eigenvalue weighted by atomic mass is 9.59. The molecule has 55 heavy (non-hydrogen) atoms. The van der Waals surface area contributed by atoms with Crippen molar-refractivity contribution in [1.82, 2.24) is 4.90 Å². The van der Waals surface area contributed by atoms with Crippen LogP contribution in [-0.4, -0.2) is 84.8 Å². The van der Waals surface area contributed by atoms with Gasteiger partial charge in [0, 0.05) is 46.2 Å². The van der Waals surface area contributed by atoms with Crippen LogP contribution in [-0.2, 0) is 29.0 Å². The number of carbonyl (C=O) groups is 2. The van der Waals surface area contributed by atoms with Crippen molar-refractivity contribution in [2.75, 3.05) is 38.9 Å². The smallest absolute Gasteiger partial charge is 0.414 e. The van der Waals surface area contributed by atoms with Crippen molar-refractivity contribution in [3.05, 3.63) is 103 Å². The van der Waals surface area contributed by atoms with E-state index in [0.717, 1.165) is 17.3 Å². The number of para-hydroxylation sites is 1. The highest BCUT2D eigenvalue weighted by atomic mass is 28.4. The SMILES string of the molecule is COC(=O)N1c2ccccc2[C@@]2(CCO[Si](c3ccccc3)(c3ccccc3)C(C)(C)C)O[C@@H](OC)[C@H]3C[C@]4(C=CCN4C(=O)OCC[Si](C)(C)C)CC[C@]312. The van der Waals surface area contributed by atoms with E-state index in [1.165, 1.54) is 17.5 Å². The molecule has 4 aliphatic rings. The van der Waals surface area contributed by atoms with Crippen LogP contribution in [0.4, 0.5) is 15.3 Å². The van der Waals surface area contributed by atoms with E-state index in [9.17, 15) is 9.59 Å². The zero-order chi connectivity index (χ0) is 39.3. The summed E-state index contributed by atoms with van der Waals surface area (Å²) in [4.78, 5) is 31.8. The quantitative estimate of drug-likeness (QED) is 0.152. The number of hydrogen-bond donors (Lipinski definition) is 0. The summed E-state index contributed by atoms with van der Waals surface area (Å²) in [6.45, 7) is 15.0. The van der Waals surface area contributed by atoms with Gasteiger partial charge in [0.25, 0.3) is 8.32 Å². The third-order valence-electron chi connectivity index (χ3n) is 12.8. The number of hydrogen-bond acceptors (Lipinski definition) is 7. The Kier molecular flexibility index (Phi) is 10.5. The first-order valence-electron chi connectivity index (χ1n) is 19.8. The summed E-state index contributed by atoms with van der Waals surface area (Å²) < 4.78 is 32.7. The maximum Gasteiger partial charge on any atom is 0.414 e. The molecule has 1 saturated carbocycles. The third kappa shape index (κ3) is 6.30. The number of fused-ring (bicyclic) bond motifs is 2. The first kappa shape index (κ1) is 39.5. The molecule has 294 valence electrons. The molecule has 1 aliphatic carbocycles. The minimum absolute atomic E-state index is 0.218. The zero-order valence-electron chi connectivity index (χ0n) is 33.8. The van der Waals surface area contributed by atoms with Gasteiger partial charge >= 0.3 is 12.2 Å². The molecular formula is C44H58N2O7Si2. The number of rotatable bonds is 10. The van der Waals surface area contributed by atoms with Gasteiger partial charge in [0.05, 0.1) is 30.5 Å². The van der Waals surface area contributed by atoms with Gasteiger partial charge in [-0.05, 0) is 46.8 Å². The molecular weight excluding hydrogens is 725 g/mol. The molecule has 0 bridgehead atoms. The molecule has 0 unspecified atom stereocenters. The van der Waals surface area contributed by atoms with Crippen LogP contribution in [0.2, 0.25) is 30.7 Å². The number of carbonyl (C=O) groups excluding carboxylic acids is 2. The Bertz CT molecular complexity index is 1860. The molecule has 0 aromatic heterocycles. The van der Waals surface area contributed by atoms with E-state index < -0.39 is 45.5 Å². The van der Waals surface area contributed by atoms with Crippen LogP contribution in [0.15, 0.2) is 97.1 Å². The van der Waals surface area contributed by atoms with Gasteiger partial charge in [0.1, 0.15) is 5.60 Å². The van der Waals surface area contributed by atoms with Crippen molar-refractivity contribution in [3.8, 4) is 0 Å². The summed E-state index contributed by atoms with van der Waals surface area (Å²) in [5.74, 6) is -0.314. The van der Waals surface area contributed by atoms with Crippen molar-refractivity contribution in [3.63, 3.8) is 0 Å². The van der Waals surface area contributed by atoms with E-state index in [0.29, 0.717) is 45.4 Å². The fourth-order valence-corrected chi connectivity index (χ4v) is 15.6. The molecule has 3 aliphatic heterocycles. The number of nitrogens with zero attached hydrogens (tertiary/aromatic N) is 2. The maximum atomic E-state index is 14.2. The highest BCUT2D eigenvalue weighted by Crippen LogP contribution is 2.68. The molecule has 0 radical (unpaired) electrons. The maximum absolute atomic E-state index is 14.2. The minimum atomic E-state index is -2.90. The van der Waals surface area contributed by atoms with Crippen molar-refractivity contribution >= 4 is 44.6 Å². The van der Waals surface area contributed by atoms with Gasteiger partial charge in [-0.1, -0.05) is 131 Å². The Morgan fingerprint density at radius 1 is 0.855 bits per heavy atom. The molecule has 5 atom stereocenters. The van der Waals surface area contributed by atoms with Crippen LogP contribution >= 0.6 is 0 Å². The number of methoxy groups -OCH3 is 2. The van der Waals surface area contributed by atoms with Gasteiger partial charge in [0.15, 0.2) is 6.29 Å². The second-order valence-electron chi connectivity index (χ2n) is 17.9. The Balaban J connectivity index is 1.30. The molecule has 3 aromatic carbocycles. The summed E-state index contributed by atoms with van der Waals surface area (Å²) in [5, 5.41) is 2.19. The number of ether oxygens (including phenoxy) is 4. The molecule has 2 fully saturated rings. The van der Waals surface area contributed by atoms with E-state index in [1.54, 1.807) is 7.11 Å². The van der Waals surface area contributed by atoms with Crippen LogP contribution in [0, 0.1) is 5.92 Å². The van der Waals surface area contributed by atoms with Gasteiger partial charge in [-0.3, -0.25) is 9.80 Å². The predicted molar refractivity (Wildman–Crippen MR) is 221 cm³/mol. The van der Waals surface area contributed by atoms with Gasteiger partial charge in [-0.25, -0.2) is 9.59 Å². The molecule has 3 heterocycles. The highest BCUT2D eigenvalue weighted by Gasteiger charge is 2.77. The van der Waals surface area contributed by atoms with Gasteiger partial charge in [-0.15, -0.1) is 0 Å². The van der Waals surface area contributed by atoms with Crippen molar-refractivity contribution in [2.24, 2.45) is 5.92 Å². The monoisotopic (exact) mass is 782 g/mol. The average Bonchev–Trinajstić information content (AvgIpc) is 3.77. The molecule has 9 nitrogen and oxygen atoms in total. The molecule has 1 saturated heterocycles. The normalized spacial score (nSPS) is 27.2. The minimum Gasteiger partial charge on any atom is -0.452 e. The standard InChI is InChI=1S/C44H58N2O7Si2/c1-41(2,3)55(33-18-11-9-12-19-33,34-20-13-10-14-21-34)52-29-27-44-35-22-15-16-23-37(35)46(40(48)50-5)43(44)26-25-42(32-36(43)38(49-4)53-44)24-17-28-45(42)39(47)51-30-31-54(6,7)8/h9-24,36,38H,25-32H2,1-8H3/t36-,38-,42+,43-,44-/m1/s1. The average molecular weight is 783 g/mol. The fraction of sp³-hybridized carbons (Fsp3) is 0.500. The first-order chi connectivity index (χ1) is 26.2. The van der Waals surface area contributed by atoms with Crippen molar-refractivity contribution < 1.29 is 33.0 Å². The first-order valence-corrected chi connectivity index (χ1v) is 25.4. The summed E-state index contributed by atoms with van der Waals surface area (Å²) >= 11 is 0. The van der Waals surface area contributed by atoms with E-state index >= 15 is 0 Å². The number of amides is 2. The van der Waals surface area contributed by atoms with Gasteiger partial charge in [-0.2, -0.15) is 0 Å². The molecule has 2 spiro atoms. The number of benzene rings is 3. The Morgan fingerprint density at radius 2 is 1.49 bits per heavy atom. The molecule has 2 amide bonds. The fourth-order valence-electron chi connectivity index (χ4n) is 10.3. The van der Waals surface area contributed by atoms with Crippen LogP contribution < -0.4 is 15.3 Å². The Morgan fingerprint density at radius 3 is 2.09 bits per heavy atom. The van der Waals surface area contributed by atoms with Gasteiger partial charge in [0.2, 0.25) is 0 Å². The predicted octanol–water partition coefficient (Wildman–Crippen LogP) is 8.06. The lowest BCUT2D eigenvalue weighted by Crippen LogP contribution is -2.68. The Labute approximate surface area is 329 Å². The summed E-state index contributed by atoms with van der Waals surface area (Å²) in [6, 6.07) is 30.3. The van der Waals surface area contributed by atoms with Crippen molar-refractivity contribution in [2.45, 2.75) is 100 Å². The van der Waals surface area contributed by atoms with Crippen LogP contribution in [0.5, 0.6) is 0 Å². The third-order valence-corrected chi connectivity index (χ3v) is 19.5. The summed E-state index contributed by atoms with van der Waals surface area (Å²) in [7, 11) is -1.19. The van der Waals surface area contributed by atoms with Crippen molar-refractivity contribution in [1.29, 1.82) is 0 Å². The van der Waals surface area contributed by atoms with Crippen LogP contribution in [0.1, 0.15) is 52.0 Å². The van der Waals surface area contributed by atoms with Crippen LogP contribution in [0.3, 0.4) is 0 Å². The lowest BCUT2D eigenvalue weighted by Gasteiger charge is -2.54. The van der Waals surface area contributed by atoms with Gasteiger partial charge < -0.3 is 23.4 Å². The van der Waals surface area contributed by atoms with E-state index in [-0.39, 0.29) is 17.0 Å². The molecule has 11 heteroatoms. The van der Waals surface area contributed by atoms with Crippen LogP contribution in [0.25, 0.3) is 0 Å². The second kappa shape index (κ2) is 14.6. The second-order valence-corrected chi connectivity index (χ2v) is 27.8. The number of anilines is 1.